The molecule has 0 saturated carbocycles. The van der Waals surface area contributed by atoms with Crippen molar-refractivity contribution in [3.05, 3.63) is 113 Å². The fourth-order valence-corrected chi connectivity index (χ4v) is 5.63. The first-order valence-corrected chi connectivity index (χ1v) is 14.4. The molecule has 0 bridgehead atoms. The molecule has 1 heterocycles. The van der Waals surface area contributed by atoms with E-state index in [1.54, 1.807) is 72.8 Å². The van der Waals surface area contributed by atoms with Gasteiger partial charge in [0.25, 0.3) is 11.8 Å². The molecule has 204 valence electrons. The fraction of sp³-hybridized carbons (Fsp3) is 0.0714. The number of halogens is 3. The number of anilines is 3. The molecule has 0 aromatic heterocycles. The fourth-order valence-electron chi connectivity index (χ4n) is 3.94. The van der Waals surface area contributed by atoms with Crippen LogP contribution in [0.2, 0.25) is 10.0 Å². The second kappa shape index (κ2) is 11.9. The van der Waals surface area contributed by atoms with Gasteiger partial charge in [0.2, 0.25) is 4.32 Å². The number of hydrogen-bond donors (Lipinski definition) is 1. The van der Waals surface area contributed by atoms with Crippen molar-refractivity contribution in [2.24, 2.45) is 0 Å². The van der Waals surface area contributed by atoms with Crippen molar-refractivity contribution < 1.29 is 22.7 Å². The van der Waals surface area contributed by atoms with Crippen LogP contribution in [0.15, 0.2) is 103 Å². The van der Waals surface area contributed by atoms with E-state index in [0.717, 1.165) is 0 Å². The molecule has 2 amide bonds. The van der Waals surface area contributed by atoms with Crippen LogP contribution in [0.3, 0.4) is 0 Å². The van der Waals surface area contributed by atoms with E-state index in [1.165, 1.54) is 22.2 Å². The largest absolute Gasteiger partial charge is 0.488 e. The van der Waals surface area contributed by atoms with Gasteiger partial charge in [0.15, 0.2) is 5.75 Å². The standard InChI is InChI=1S/C28H20BrCl2N3O5S/c29-28(26(35)33(20-10-4-1-5-11-20)34(27(28)36)21-12-6-2-7-13-21)18-38-25-23(30)16-19(17-24(25)31)32-40(37)39-22-14-8-3-9-15-22/h1-17,32H,18H2. The van der Waals surface area contributed by atoms with Crippen LogP contribution in [0.4, 0.5) is 17.1 Å². The summed E-state index contributed by atoms with van der Waals surface area (Å²) in [4.78, 5) is 27.5. The van der Waals surface area contributed by atoms with Crippen molar-refractivity contribution in [2.75, 3.05) is 21.3 Å². The van der Waals surface area contributed by atoms with Gasteiger partial charge in [0.1, 0.15) is 12.4 Å². The van der Waals surface area contributed by atoms with Gasteiger partial charge in [-0.15, -0.1) is 0 Å². The molecule has 1 saturated heterocycles. The highest BCUT2D eigenvalue weighted by molar-refractivity contribution is 9.10. The minimum Gasteiger partial charge on any atom is -0.488 e. The van der Waals surface area contributed by atoms with E-state index >= 15 is 0 Å². The zero-order valence-electron chi connectivity index (χ0n) is 20.5. The third kappa shape index (κ3) is 5.66. The highest BCUT2D eigenvalue weighted by Gasteiger charge is 2.59. The number of para-hydroxylation sites is 3. The molecule has 5 rings (SSSR count). The van der Waals surface area contributed by atoms with Gasteiger partial charge in [-0.1, -0.05) is 93.7 Å². The molecule has 12 heteroatoms. The van der Waals surface area contributed by atoms with Crippen molar-refractivity contribution >= 4 is 79.3 Å². The number of benzene rings is 4. The van der Waals surface area contributed by atoms with Gasteiger partial charge < -0.3 is 8.92 Å². The number of nitrogens with one attached hydrogen (secondary N) is 1. The van der Waals surface area contributed by atoms with Gasteiger partial charge in [-0.2, -0.15) is 4.21 Å². The van der Waals surface area contributed by atoms with Crippen LogP contribution in [0.5, 0.6) is 11.5 Å². The molecule has 40 heavy (non-hydrogen) atoms. The summed E-state index contributed by atoms with van der Waals surface area (Å²) in [6.07, 6.45) is 0. The van der Waals surface area contributed by atoms with E-state index < -0.39 is 34.0 Å². The first-order valence-electron chi connectivity index (χ1n) is 11.8. The summed E-state index contributed by atoms with van der Waals surface area (Å²) in [5.74, 6) is -0.640. The highest BCUT2D eigenvalue weighted by atomic mass is 79.9. The van der Waals surface area contributed by atoms with Crippen LogP contribution in [0.25, 0.3) is 0 Å². The third-order valence-electron chi connectivity index (χ3n) is 5.79. The Balaban J connectivity index is 1.36. The topological polar surface area (TPSA) is 88.2 Å². The monoisotopic (exact) mass is 659 g/mol. The van der Waals surface area contributed by atoms with Crippen LogP contribution >= 0.6 is 39.1 Å². The number of carbonyl (C=O) groups is 2. The molecule has 1 aliphatic rings. The first-order chi connectivity index (χ1) is 19.3. The molecule has 1 unspecified atom stereocenters. The number of hydrogen-bond acceptors (Lipinski definition) is 5. The Morgan fingerprint density at radius 2 is 1.23 bits per heavy atom. The second-order valence-corrected chi connectivity index (χ2v) is 11.5. The Labute approximate surface area is 251 Å². The Hall–Kier alpha value is -3.57. The summed E-state index contributed by atoms with van der Waals surface area (Å²) >= 11 is 14.3. The average molecular weight is 661 g/mol. The molecule has 0 radical (unpaired) electrons. The number of amides is 2. The van der Waals surface area contributed by atoms with Crippen molar-refractivity contribution in [1.82, 2.24) is 0 Å². The predicted molar refractivity (Wildman–Crippen MR) is 160 cm³/mol. The zero-order valence-corrected chi connectivity index (χ0v) is 24.4. The number of hydrazine groups is 1. The number of alkyl halides is 1. The van der Waals surface area contributed by atoms with Crippen LogP contribution in [-0.2, 0) is 20.9 Å². The zero-order chi connectivity index (χ0) is 28.3. The Morgan fingerprint density at radius 3 is 1.70 bits per heavy atom. The normalized spacial score (nSPS) is 15.2. The first kappa shape index (κ1) is 28.0. The van der Waals surface area contributed by atoms with E-state index in [-0.39, 0.29) is 15.8 Å². The summed E-state index contributed by atoms with van der Waals surface area (Å²) in [6.45, 7) is -0.410. The molecular weight excluding hydrogens is 641 g/mol. The maximum Gasteiger partial charge on any atom is 0.316 e. The summed E-state index contributed by atoms with van der Waals surface area (Å²) in [7, 11) is 0. The van der Waals surface area contributed by atoms with Gasteiger partial charge in [-0.3, -0.25) is 14.3 Å². The van der Waals surface area contributed by atoms with Gasteiger partial charge >= 0.3 is 11.3 Å². The molecule has 1 atom stereocenters. The Bertz CT molecular complexity index is 1480. The third-order valence-corrected chi connectivity index (χ3v) is 8.01. The van der Waals surface area contributed by atoms with E-state index in [4.69, 9.17) is 32.1 Å². The lowest BCUT2D eigenvalue weighted by atomic mass is 10.1. The SMILES string of the molecule is O=C1N(c2ccccc2)N(c2ccccc2)C(=O)C1(Br)COc1c(Cl)cc(NS(=O)Oc2ccccc2)cc1Cl. The summed E-state index contributed by atoms with van der Waals surface area (Å²) in [5.41, 5.74) is 1.31. The maximum atomic E-state index is 13.8. The number of rotatable bonds is 9. The highest BCUT2D eigenvalue weighted by Crippen LogP contribution is 2.41. The Morgan fingerprint density at radius 1 is 0.775 bits per heavy atom. The Kier molecular flexibility index (Phi) is 8.32. The van der Waals surface area contributed by atoms with Crippen LogP contribution in [0.1, 0.15) is 0 Å². The van der Waals surface area contributed by atoms with Crippen LogP contribution < -0.4 is 23.7 Å². The predicted octanol–water partition coefficient (Wildman–Crippen LogP) is 6.57. The lowest BCUT2D eigenvalue weighted by Crippen LogP contribution is -2.43. The van der Waals surface area contributed by atoms with E-state index in [9.17, 15) is 13.8 Å². The maximum absolute atomic E-state index is 13.8. The minimum absolute atomic E-state index is 0.0486. The van der Waals surface area contributed by atoms with Gasteiger partial charge in [0, 0.05) is 0 Å². The molecule has 4 aromatic carbocycles. The second-order valence-electron chi connectivity index (χ2n) is 8.50. The molecule has 0 spiro atoms. The lowest BCUT2D eigenvalue weighted by molar-refractivity contribution is -0.125. The van der Waals surface area contributed by atoms with Crippen LogP contribution in [0, 0.1) is 0 Å². The molecule has 1 N–H and O–H groups in total. The van der Waals surface area contributed by atoms with Crippen LogP contribution in [-0.4, -0.2) is 27.0 Å². The van der Waals surface area contributed by atoms with Gasteiger partial charge in [-0.05, 0) is 48.5 Å². The molecule has 1 fully saturated rings. The summed E-state index contributed by atoms with van der Waals surface area (Å²) in [6, 6.07) is 29.2. The molecular formula is C28H20BrCl2N3O5S. The van der Waals surface area contributed by atoms with Crippen molar-refractivity contribution in [1.29, 1.82) is 0 Å². The minimum atomic E-state index is -1.93. The molecule has 4 aromatic rings. The number of nitrogens with zero attached hydrogens (tertiary/aromatic N) is 2. The van der Waals surface area contributed by atoms with E-state index in [0.29, 0.717) is 22.8 Å². The average Bonchev–Trinajstić information content (AvgIpc) is 3.15. The van der Waals surface area contributed by atoms with E-state index in [1.807, 2.05) is 18.2 Å². The van der Waals surface area contributed by atoms with Gasteiger partial charge in [0.05, 0.1) is 27.1 Å². The summed E-state index contributed by atoms with van der Waals surface area (Å²) < 4.78 is 24.5. The quantitative estimate of drug-likeness (QED) is 0.162. The van der Waals surface area contributed by atoms with E-state index in [2.05, 4.69) is 20.7 Å². The molecule has 1 aliphatic heterocycles. The number of ether oxygens (including phenoxy) is 1. The molecule has 8 nitrogen and oxygen atoms in total. The van der Waals surface area contributed by atoms with Gasteiger partial charge in [-0.25, -0.2) is 10.0 Å². The smallest absolute Gasteiger partial charge is 0.316 e. The number of carbonyl (C=O) groups excluding carboxylic acids is 2. The molecule has 0 aliphatic carbocycles. The van der Waals surface area contributed by atoms with Crippen molar-refractivity contribution in [3.63, 3.8) is 0 Å². The summed E-state index contributed by atoms with van der Waals surface area (Å²) in [5, 5.41) is 2.74. The lowest BCUT2D eigenvalue weighted by Gasteiger charge is -2.27. The van der Waals surface area contributed by atoms with Crippen molar-refractivity contribution in [3.8, 4) is 11.5 Å². The van der Waals surface area contributed by atoms with Crippen molar-refractivity contribution in [2.45, 2.75) is 4.32 Å².